The molecule has 0 aliphatic carbocycles. The van der Waals surface area contributed by atoms with Gasteiger partial charge in [-0.2, -0.15) is 4.98 Å². The zero-order valence-electron chi connectivity index (χ0n) is 14.2. The van der Waals surface area contributed by atoms with E-state index in [-0.39, 0.29) is 12.2 Å². The smallest absolute Gasteiger partial charge is 0.351 e. The number of carbonyl (C=O) groups is 1. The largest absolute Gasteiger partial charge is 0.394 e. The Morgan fingerprint density at radius 1 is 1.52 bits per heavy atom. The van der Waals surface area contributed by atoms with Gasteiger partial charge in [-0.3, -0.25) is 9.36 Å². The lowest BCUT2D eigenvalue weighted by Gasteiger charge is -2.24. The molecule has 0 aromatic carbocycles. The maximum absolute atomic E-state index is 12.5. The summed E-state index contributed by atoms with van der Waals surface area (Å²) in [7, 11) is 0. The number of hydrogen-bond donors (Lipinski definition) is 6. The highest BCUT2D eigenvalue weighted by molar-refractivity contribution is 5.82. The number of amides is 1. The Labute approximate surface area is 153 Å². The second-order valence-corrected chi connectivity index (χ2v) is 6.20. The van der Waals surface area contributed by atoms with E-state index in [9.17, 15) is 19.8 Å². The van der Waals surface area contributed by atoms with Crippen LogP contribution < -0.4 is 22.5 Å². The average Bonchev–Trinajstić information content (AvgIpc) is 3.24. The van der Waals surface area contributed by atoms with E-state index in [4.69, 9.17) is 16.2 Å². The van der Waals surface area contributed by atoms with Gasteiger partial charge in [-0.1, -0.05) is 0 Å². The molecule has 27 heavy (non-hydrogen) atoms. The minimum atomic E-state index is -1.26. The first-order valence-corrected chi connectivity index (χ1v) is 8.23. The van der Waals surface area contributed by atoms with E-state index in [2.05, 4.69) is 20.3 Å². The summed E-state index contributed by atoms with van der Waals surface area (Å²) in [6.45, 7) is -0.499. The predicted molar refractivity (Wildman–Crippen MR) is 92.1 cm³/mol. The molecule has 0 radical (unpaired) electrons. The third-order valence-corrected chi connectivity index (χ3v) is 4.32. The zero-order valence-corrected chi connectivity index (χ0v) is 14.2. The summed E-state index contributed by atoms with van der Waals surface area (Å²) in [5.41, 5.74) is 11.3. The van der Waals surface area contributed by atoms with Crippen molar-refractivity contribution >= 4 is 11.7 Å². The van der Waals surface area contributed by atoms with Gasteiger partial charge in [-0.25, -0.2) is 9.78 Å². The van der Waals surface area contributed by atoms with E-state index in [0.717, 1.165) is 4.57 Å². The molecule has 12 heteroatoms. The number of aromatic amines is 1. The average molecular weight is 379 g/mol. The fourth-order valence-electron chi connectivity index (χ4n) is 2.91. The van der Waals surface area contributed by atoms with Gasteiger partial charge in [-0.05, 0) is 6.07 Å². The van der Waals surface area contributed by atoms with Crippen molar-refractivity contribution < 1.29 is 19.7 Å². The molecule has 2 aromatic rings. The first-order valence-electron chi connectivity index (χ1n) is 8.23. The van der Waals surface area contributed by atoms with Crippen molar-refractivity contribution in [1.29, 1.82) is 0 Å². The van der Waals surface area contributed by atoms with Crippen molar-refractivity contribution in [3.05, 3.63) is 41.0 Å². The molecule has 1 aliphatic heterocycles. The quantitative estimate of drug-likeness (QED) is 0.300. The lowest BCUT2D eigenvalue weighted by molar-refractivity contribution is -0.124. The van der Waals surface area contributed by atoms with Crippen LogP contribution >= 0.6 is 0 Å². The highest BCUT2D eigenvalue weighted by Gasteiger charge is 2.46. The van der Waals surface area contributed by atoms with Crippen LogP contribution in [0.25, 0.3) is 0 Å². The normalized spacial score (nSPS) is 26.0. The first-order chi connectivity index (χ1) is 12.9. The Kier molecular flexibility index (Phi) is 5.51. The van der Waals surface area contributed by atoms with Gasteiger partial charge in [0.1, 0.15) is 24.1 Å². The van der Waals surface area contributed by atoms with Crippen LogP contribution in [0.4, 0.5) is 5.82 Å². The van der Waals surface area contributed by atoms with E-state index in [1.165, 1.54) is 18.6 Å². The number of anilines is 1. The molecule has 8 N–H and O–H groups in total. The zero-order chi connectivity index (χ0) is 19.6. The number of aliphatic hydroxyl groups is 2. The summed E-state index contributed by atoms with van der Waals surface area (Å²) in [5, 5.41) is 22.4. The number of aliphatic hydroxyl groups excluding tert-OH is 2. The van der Waals surface area contributed by atoms with Crippen molar-refractivity contribution in [3.63, 3.8) is 0 Å². The molecule has 146 valence electrons. The lowest BCUT2D eigenvalue weighted by atomic mass is 10.1. The molecule has 1 fully saturated rings. The van der Waals surface area contributed by atoms with Gasteiger partial charge in [-0.15, -0.1) is 0 Å². The summed E-state index contributed by atoms with van der Waals surface area (Å²) in [6, 6.07) is -0.565. The van der Waals surface area contributed by atoms with Gasteiger partial charge in [0.25, 0.3) is 0 Å². The number of carbonyl (C=O) groups excluding carboxylic acids is 1. The molecule has 0 spiro atoms. The summed E-state index contributed by atoms with van der Waals surface area (Å²) in [6.07, 6.45) is 1.22. The summed E-state index contributed by atoms with van der Waals surface area (Å²) in [4.78, 5) is 34.9. The molecule has 1 saturated heterocycles. The molecular weight excluding hydrogens is 358 g/mol. The van der Waals surface area contributed by atoms with Crippen LogP contribution in [0.2, 0.25) is 0 Å². The molecule has 3 heterocycles. The molecular formula is C15H21N7O5. The van der Waals surface area contributed by atoms with Crippen LogP contribution in [0.1, 0.15) is 11.9 Å². The fourth-order valence-corrected chi connectivity index (χ4v) is 2.91. The first kappa shape index (κ1) is 19.0. The molecule has 0 bridgehead atoms. The molecule has 3 rings (SSSR count). The molecule has 1 aliphatic rings. The molecule has 0 saturated carbocycles. The van der Waals surface area contributed by atoms with Gasteiger partial charge >= 0.3 is 5.69 Å². The van der Waals surface area contributed by atoms with Crippen molar-refractivity contribution in [2.24, 2.45) is 5.73 Å². The topological polar surface area (TPSA) is 194 Å². The predicted octanol–water partition coefficient (Wildman–Crippen LogP) is -3.15. The third-order valence-electron chi connectivity index (χ3n) is 4.32. The molecule has 12 nitrogen and oxygen atoms in total. The number of imidazole rings is 1. The summed E-state index contributed by atoms with van der Waals surface area (Å²) in [5.74, 6) is -0.534. The Bertz CT molecular complexity index is 839. The molecule has 5 atom stereocenters. The van der Waals surface area contributed by atoms with Crippen molar-refractivity contribution in [3.8, 4) is 0 Å². The number of rotatable bonds is 6. The number of nitrogens with zero attached hydrogens (tertiary/aromatic N) is 3. The number of H-pyrrole nitrogens is 1. The lowest BCUT2D eigenvalue weighted by Crippen LogP contribution is -2.53. The number of nitrogens with one attached hydrogen (secondary N) is 2. The number of aromatic nitrogens is 4. The summed E-state index contributed by atoms with van der Waals surface area (Å²) < 4.78 is 6.62. The van der Waals surface area contributed by atoms with Crippen LogP contribution in [0.3, 0.4) is 0 Å². The van der Waals surface area contributed by atoms with Crippen molar-refractivity contribution in [2.75, 3.05) is 12.3 Å². The van der Waals surface area contributed by atoms with Crippen molar-refractivity contribution in [2.45, 2.75) is 36.9 Å². The maximum atomic E-state index is 12.5. The third kappa shape index (κ3) is 3.98. The second kappa shape index (κ2) is 7.84. The Morgan fingerprint density at radius 3 is 2.93 bits per heavy atom. The SMILES string of the molecule is Nc1ccn(C2OC(CO)C(O)C2NC(=O)C(N)Cc2cnc[nH]2)c(=O)n1. The van der Waals surface area contributed by atoms with E-state index >= 15 is 0 Å². The maximum Gasteiger partial charge on any atom is 0.351 e. The Balaban J connectivity index is 1.79. The van der Waals surface area contributed by atoms with E-state index < -0.39 is 48.7 Å². The highest BCUT2D eigenvalue weighted by atomic mass is 16.5. The van der Waals surface area contributed by atoms with Crippen LogP contribution in [0, 0.1) is 0 Å². The number of nitrogens with two attached hydrogens (primary N) is 2. The van der Waals surface area contributed by atoms with E-state index in [1.54, 1.807) is 6.20 Å². The van der Waals surface area contributed by atoms with Gasteiger partial charge in [0.15, 0.2) is 6.23 Å². The minimum Gasteiger partial charge on any atom is -0.394 e. The summed E-state index contributed by atoms with van der Waals surface area (Å²) >= 11 is 0. The monoisotopic (exact) mass is 379 g/mol. The Hall–Kier alpha value is -2.80. The number of nitrogen functional groups attached to an aromatic ring is 1. The van der Waals surface area contributed by atoms with Gasteiger partial charge in [0.05, 0.1) is 19.0 Å². The van der Waals surface area contributed by atoms with Crippen molar-refractivity contribution in [1.82, 2.24) is 24.8 Å². The molecule has 1 amide bonds. The van der Waals surface area contributed by atoms with E-state index in [1.807, 2.05) is 0 Å². The van der Waals surface area contributed by atoms with Crippen LogP contribution in [-0.4, -0.2) is 66.5 Å². The highest BCUT2D eigenvalue weighted by Crippen LogP contribution is 2.28. The minimum absolute atomic E-state index is 0.0238. The van der Waals surface area contributed by atoms with Gasteiger partial charge in [0.2, 0.25) is 5.91 Å². The standard InChI is InChI=1S/C15H21N7O5/c16-8(3-7-4-18-6-19-7)13(25)21-11-12(24)9(5-23)27-14(11)22-2-1-10(17)20-15(22)26/h1-2,4,6,8-9,11-12,14,23-24H,3,5,16H2,(H,18,19)(H,21,25)(H2,17,20,26). The van der Waals surface area contributed by atoms with Crippen LogP contribution in [-0.2, 0) is 16.0 Å². The number of hydrogen-bond acceptors (Lipinski definition) is 9. The Morgan fingerprint density at radius 2 is 2.30 bits per heavy atom. The fraction of sp³-hybridized carbons (Fsp3) is 0.467. The van der Waals surface area contributed by atoms with E-state index in [0.29, 0.717) is 5.69 Å². The number of ether oxygens (including phenoxy) is 1. The molecule has 2 aromatic heterocycles. The van der Waals surface area contributed by atoms with Gasteiger partial charge < -0.3 is 36.7 Å². The van der Waals surface area contributed by atoms with Gasteiger partial charge in [0, 0.05) is 24.5 Å². The molecule has 5 unspecified atom stereocenters. The van der Waals surface area contributed by atoms with Crippen LogP contribution in [0.15, 0.2) is 29.6 Å². The van der Waals surface area contributed by atoms with Crippen LogP contribution in [0.5, 0.6) is 0 Å². The second-order valence-electron chi connectivity index (χ2n) is 6.20.